The van der Waals surface area contributed by atoms with E-state index in [1.54, 1.807) is 24.3 Å². The van der Waals surface area contributed by atoms with Crippen LogP contribution in [0.3, 0.4) is 0 Å². The number of benzene rings is 1. The molecule has 0 atom stereocenters. The lowest BCUT2D eigenvalue weighted by atomic mass is 10.1. The molecule has 1 aliphatic carbocycles. The molecule has 1 fully saturated rings. The van der Waals surface area contributed by atoms with Gasteiger partial charge in [-0.2, -0.15) is 0 Å². The molecule has 118 valence electrons. The van der Waals surface area contributed by atoms with Crippen molar-refractivity contribution in [3.63, 3.8) is 0 Å². The molecule has 0 spiro atoms. The van der Waals surface area contributed by atoms with Gasteiger partial charge in [0.05, 0.1) is 6.61 Å². The van der Waals surface area contributed by atoms with Crippen molar-refractivity contribution in [1.29, 1.82) is 0 Å². The zero-order chi connectivity index (χ0) is 15.9. The van der Waals surface area contributed by atoms with Crippen LogP contribution in [0.1, 0.15) is 43.0 Å². The fraction of sp³-hybridized carbons (Fsp3) is 0.438. The molecule has 1 aliphatic rings. The van der Waals surface area contributed by atoms with E-state index in [-0.39, 0.29) is 36.4 Å². The molecule has 0 aromatic heterocycles. The maximum absolute atomic E-state index is 12.0. The lowest BCUT2D eigenvalue weighted by Gasteiger charge is -2.07. The van der Waals surface area contributed by atoms with E-state index in [1.165, 1.54) is 0 Å². The molecule has 6 nitrogen and oxygen atoms in total. The lowest BCUT2D eigenvalue weighted by molar-refractivity contribution is -0.129. The summed E-state index contributed by atoms with van der Waals surface area (Å²) >= 11 is 0. The Morgan fingerprint density at radius 3 is 2.36 bits per heavy atom. The first-order valence-electron chi connectivity index (χ1n) is 7.45. The van der Waals surface area contributed by atoms with E-state index >= 15 is 0 Å². The Bertz CT molecular complexity index is 550. The number of nitrogens with one attached hydrogen (secondary N) is 2. The van der Waals surface area contributed by atoms with E-state index in [4.69, 9.17) is 4.74 Å². The maximum atomic E-state index is 12.0. The second kappa shape index (κ2) is 7.59. The maximum Gasteiger partial charge on any atom is 0.241 e. The number of hydrazine groups is 1. The molecule has 2 rings (SSSR count). The Morgan fingerprint density at radius 2 is 1.77 bits per heavy atom. The summed E-state index contributed by atoms with van der Waals surface area (Å²) in [6.45, 7) is 2.46. The highest BCUT2D eigenvalue weighted by Gasteiger charge is 2.29. The standard InChI is InChI=1S/C16H20N2O4/c1-2-22-13-7-5-11(6-8-13)14(19)9-10-15(20)17-18-16(21)12-3-4-12/h5-8,12H,2-4,9-10H2,1H3,(H,17,20)(H,18,21). The fourth-order valence-electron chi connectivity index (χ4n) is 1.92. The van der Waals surface area contributed by atoms with E-state index in [1.807, 2.05) is 6.92 Å². The van der Waals surface area contributed by atoms with Crippen molar-refractivity contribution >= 4 is 17.6 Å². The molecule has 2 amide bonds. The predicted octanol–water partition coefficient (Wildman–Crippen LogP) is 1.61. The van der Waals surface area contributed by atoms with Crippen LogP contribution in [0.25, 0.3) is 0 Å². The van der Waals surface area contributed by atoms with Gasteiger partial charge in [-0.3, -0.25) is 25.2 Å². The first-order valence-corrected chi connectivity index (χ1v) is 7.45. The van der Waals surface area contributed by atoms with Crippen molar-refractivity contribution in [2.75, 3.05) is 6.61 Å². The van der Waals surface area contributed by atoms with Crippen molar-refractivity contribution in [3.8, 4) is 5.75 Å². The van der Waals surface area contributed by atoms with Crippen LogP contribution in [0.15, 0.2) is 24.3 Å². The molecule has 1 saturated carbocycles. The number of rotatable bonds is 7. The molecule has 0 unspecified atom stereocenters. The minimum absolute atomic E-state index is 0.0331. The highest BCUT2D eigenvalue weighted by atomic mass is 16.5. The minimum atomic E-state index is -0.367. The molecule has 22 heavy (non-hydrogen) atoms. The summed E-state index contributed by atoms with van der Waals surface area (Å²) in [5.41, 5.74) is 5.23. The largest absolute Gasteiger partial charge is 0.494 e. The lowest BCUT2D eigenvalue weighted by Crippen LogP contribution is -2.42. The van der Waals surface area contributed by atoms with Crippen LogP contribution >= 0.6 is 0 Å². The average molecular weight is 304 g/mol. The topological polar surface area (TPSA) is 84.5 Å². The van der Waals surface area contributed by atoms with Gasteiger partial charge in [0.15, 0.2) is 5.78 Å². The number of Topliss-reactive ketones (excluding diaryl/α,β-unsaturated/α-hetero) is 1. The third-order valence-electron chi connectivity index (χ3n) is 3.34. The monoisotopic (exact) mass is 304 g/mol. The van der Waals surface area contributed by atoms with E-state index in [2.05, 4.69) is 10.9 Å². The summed E-state index contributed by atoms with van der Waals surface area (Å²) in [6.07, 6.45) is 1.88. The second-order valence-corrected chi connectivity index (χ2v) is 5.19. The van der Waals surface area contributed by atoms with E-state index in [0.717, 1.165) is 12.8 Å². The molecule has 2 N–H and O–H groups in total. The summed E-state index contributed by atoms with van der Waals surface area (Å²) in [7, 11) is 0. The minimum Gasteiger partial charge on any atom is -0.494 e. The quantitative estimate of drug-likeness (QED) is 0.592. The van der Waals surface area contributed by atoms with Crippen molar-refractivity contribution in [2.45, 2.75) is 32.6 Å². The van der Waals surface area contributed by atoms with E-state index < -0.39 is 0 Å². The third kappa shape index (κ3) is 4.87. The molecular formula is C16H20N2O4. The number of ketones is 1. The molecule has 0 aliphatic heterocycles. The van der Waals surface area contributed by atoms with Gasteiger partial charge in [-0.15, -0.1) is 0 Å². The molecule has 0 heterocycles. The van der Waals surface area contributed by atoms with Gasteiger partial charge in [0, 0.05) is 24.3 Å². The van der Waals surface area contributed by atoms with Gasteiger partial charge >= 0.3 is 0 Å². The van der Waals surface area contributed by atoms with Crippen molar-refractivity contribution < 1.29 is 19.1 Å². The molecule has 0 bridgehead atoms. The summed E-state index contributed by atoms with van der Waals surface area (Å²) in [5.74, 6) is 0.0940. The fourth-order valence-corrected chi connectivity index (χ4v) is 1.92. The third-order valence-corrected chi connectivity index (χ3v) is 3.34. The molecule has 1 aromatic carbocycles. The summed E-state index contributed by atoms with van der Waals surface area (Å²) in [5, 5.41) is 0. The molecule has 0 radical (unpaired) electrons. The van der Waals surface area contributed by atoms with Crippen LogP contribution in [-0.4, -0.2) is 24.2 Å². The zero-order valence-corrected chi connectivity index (χ0v) is 12.6. The highest BCUT2D eigenvalue weighted by Crippen LogP contribution is 2.28. The van der Waals surface area contributed by atoms with Gasteiger partial charge in [-0.1, -0.05) is 0 Å². The molecular weight excluding hydrogens is 284 g/mol. The predicted molar refractivity (Wildman–Crippen MR) is 80.2 cm³/mol. The van der Waals surface area contributed by atoms with Gasteiger partial charge in [0.2, 0.25) is 11.8 Å². The molecule has 6 heteroatoms. The summed E-state index contributed by atoms with van der Waals surface area (Å²) in [4.78, 5) is 34.9. The van der Waals surface area contributed by atoms with Gasteiger partial charge in [0.25, 0.3) is 0 Å². The van der Waals surface area contributed by atoms with Crippen LogP contribution in [-0.2, 0) is 9.59 Å². The van der Waals surface area contributed by atoms with E-state index in [0.29, 0.717) is 17.9 Å². The number of hydrogen-bond acceptors (Lipinski definition) is 4. The van der Waals surface area contributed by atoms with Gasteiger partial charge in [-0.25, -0.2) is 0 Å². The number of amides is 2. The number of carbonyl (C=O) groups is 3. The van der Waals surface area contributed by atoms with Gasteiger partial charge < -0.3 is 4.74 Å². The average Bonchev–Trinajstić information content (AvgIpc) is 3.36. The van der Waals surface area contributed by atoms with Gasteiger partial charge in [0.1, 0.15) is 5.75 Å². The zero-order valence-electron chi connectivity index (χ0n) is 12.6. The molecule has 0 saturated heterocycles. The van der Waals surface area contributed by atoms with Crippen LogP contribution in [0.5, 0.6) is 5.75 Å². The number of hydrogen-bond donors (Lipinski definition) is 2. The Labute approximate surface area is 129 Å². The Morgan fingerprint density at radius 1 is 1.09 bits per heavy atom. The summed E-state index contributed by atoms with van der Waals surface area (Å²) in [6, 6.07) is 6.82. The molecule has 1 aromatic rings. The normalized spacial score (nSPS) is 13.3. The van der Waals surface area contributed by atoms with Crippen molar-refractivity contribution in [1.82, 2.24) is 10.9 Å². The number of ether oxygens (including phenoxy) is 1. The first-order chi connectivity index (χ1) is 10.6. The Kier molecular flexibility index (Phi) is 5.52. The SMILES string of the molecule is CCOc1ccc(C(=O)CCC(=O)NNC(=O)C2CC2)cc1. The smallest absolute Gasteiger partial charge is 0.241 e. The Hall–Kier alpha value is -2.37. The summed E-state index contributed by atoms with van der Waals surface area (Å²) < 4.78 is 5.30. The highest BCUT2D eigenvalue weighted by molar-refractivity contribution is 5.98. The second-order valence-electron chi connectivity index (χ2n) is 5.19. The number of carbonyl (C=O) groups excluding carboxylic acids is 3. The van der Waals surface area contributed by atoms with Crippen LogP contribution < -0.4 is 15.6 Å². The van der Waals surface area contributed by atoms with Crippen LogP contribution in [0.2, 0.25) is 0 Å². The van der Waals surface area contributed by atoms with Crippen LogP contribution in [0.4, 0.5) is 0 Å². The van der Waals surface area contributed by atoms with Crippen LogP contribution in [0, 0.1) is 5.92 Å². The Balaban J connectivity index is 1.71. The van der Waals surface area contributed by atoms with Crippen molar-refractivity contribution in [3.05, 3.63) is 29.8 Å². The van der Waals surface area contributed by atoms with Crippen molar-refractivity contribution in [2.24, 2.45) is 5.92 Å². The van der Waals surface area contributed by atoms with E-state index in [9.17, 15) is 14.4 Å². The van der Waals surface area contributed by atoms with Gasteiger partial charge in [-0.05, 0) is 44.0 Å². The first kappa shape index (κ1) is 16.0.